The summed E-state index contributed by atoms with van der Waals surface area (Å²) in [7, 11) is -7.38. The molecule has 0 N–H and O–H groups in total. The average molecular weight is 494 g/mol. The molecule has 2 aromatic rings. The van der Waals surface area contributed by atoms with Gasteiger partial charge in [-0.3, -0.25) is 9.10 Å². The lowest BCUT2D eigenvalue weighted by atomic mass is 10.1. The molecular formula is C23H31N3O5S2. The van der Waals surface area contributed by atoms with E-state index in [0.29, 0.717) is 5.69 Å². The van der Waals surface area contributed by atoms with Gasteiger partial charge in [0.2, 0.25) is 26.0 Å². The van der Waals surface area contributed by atoms with Crippen LogP contribution in [0.15, 0.2) is 47.4 Å². The third-order valence-electron chi connectivity index (χ3n) is 6.02. The van der Waals surface area contributed by atoms with Gasteiger partial charge in [0, 0.05) is 26.2 Å². The van der Waals surface area contributed by atoms with Crippen molar-refractivity contribution in [3.63, 3.8) is 0 Å². The molecule has 0 radical (unpaired) electrons. The van der Waals surface area contributed by atoms with Crippen molar-refractivity contribution in [3.05, 3.63) is 59.2 Å². The van der Waals surface area contributed by atoms with Crippen LogP contribution in [0, 0.1) is 20.8 Å². The maximum absolute atomic E-state index is 13.2. The van der Waals surface area contributed by atoms with Crippen LogP contribution >= 0.6 is 0 Å². The molecule has 33 heavy (non-hydrogen) atoms. The maximum Gasteiger partial charge on any atom is 0.246 e. The van der Waals surface area contributed by atoms with E-state index in [1.165, 1.54) is 9.21 Å². The zero-order valence-electron chi connectivity index (χ0n) is 19.6. The normalized spacial score (nSPS) is 16.5. The first kappa shape index (κ1) is 25.2. The van der Waals surface area contributed by atoms with Crippen LogP contribution in [-0.2, 0) is 24.8 Å². The summed E-state index contributed by atoms with van der Waals surface area (Å²) in [5.74, 6) is -0.356. The number of carbonyl (C=O) groups is 1. The summed E-state index contributed by atoms with van der Waals surface area (Å²) in [6.07, 6.45) is 1.08. The minimum absolute atomic E-state index is 0.150. The highest BCUT2D eigenvalue weighted by Crippen LogP contribution is 2.25. The van der Waals surface area contributed by atoms with Crippen LogP contribution in [0.1, 0.15) is 23.6 Å². The summed E-state index contributed by atoms with van der Waals surface area (Å²) in [6, 6.07) is 11.0. The molecule has 1 aliphatic heterocycles. The van der Waals surface area contributed by atoms with E-state index in [1.807, 2.05) is 26.8 Å². The van der Waals surface area contributed by atoms with Crippen LogP contribution in [0.3, 0.4) is 0 Å². The lowest BCUT2D eigenvalue weighted by Crippen LogP contribution is -2.56. The van der Waals surface area contributed by atoms with Gasteiger partial charge in [-0.1, -0.05) is 23.8 Å². The molecule has 10 heteroatoms. The van der Waals surface area contributed by atoms with Gasteiger partial charge in [-0.05, 0) is 63.1 Å². The molecule has 1 unspecified atom stereocenters. The number of carbonyl (C=O) groups excluding carboxylic acids is 1. The summed E-state index contributed by atoms with van der Waals surface area (Å²) in [6.45, 7) is 7.96. The van der Waals surface area contributed by atoms with Crippen LogP contribution in [0.2, 0.25) is 0 Å². The zero-order valence-corrected chi connectivity index (χ0v) is 21.3. The molecule has 3 rings (SSSR count). The maximum atomic E-state index is 13.2. The van der Waals surface area contributed by atoms with Gasteiger partial charge >= 0.3 is 0 Å². The van der Waals surface area contributed by atoms with Gasteiger partial charge in [0.05, 0.1) is 16.8 Å². The Kier molecular flexibility index (Phi) is 7.21. The number of nitrogens with zero attached hydrogens (tertiary/aromatic N) is 3. The first-order valence-electron chi connectivity index (χ1n) is 10.7. The number of aryl methyl sites for hydroxylation is 3. The fraction of sp³-hybridized carbons (Fsp3) is 0.435. The lowest BCUT2D eigenvalue weighted by molar-refractivity contribution is -0.133. The van der Waals surface area contributed by atoms with E-state index in [1.54, 1.807) is 43.3 Å². The van der Waals surface area contributed by atoms with E-state index in [4.69, 9.17) is 0 Å². The minimum Gasteiger partial charge on any atom is -0.338 e. The standard InChI is InChI=1S/C23H31N3O5S2/c1-17-6-10-22(11-7-17)33(30,31)25-14-12-24(13-15-25)23(27)20(4)26(32(5,28)29)21-9-8-18(2)19(3)16-21/h6-11,16,20H,12-15H2,1-5H3. The third-order valence-corrected chi connectivity index (χ3v) is 9.18. The fourth-order valence-corrected chi connectivity index (χ4v) is 6.52. The Balaban J connectivity index is 1.76. The Morgan fingerprint density at radius 3 is 1.97 bits per heavy atom. The number of anilines is 1. The monoisotopic (exact) mass is 493 g/mol. The van der Waals surface area contributed by atoms with Crippen molar-refractivity contribution in [2.45, 2.75) is 38.6 Å². The van der Waals surface area contributed by atoms with Gasteiger partial charge in [0.25, 0.3) is 0 Å². The molecule has 180 valence electrons. The van der Waals surface area contributed by atoms with Crippen LogP contribution in [0.25, 0.3) is 0 Å². The molecule has 8 nitrogen and oxygen atoms in total. The average Bonchev–Trinajstić information content (AvgIpc) is 2.75. The zero-order chi connectivity index (χ0) is 24.6. The quantitative estimate of drug-likeness (QED) is 0.615. The molecule has 0 spiro atoms. The van der Waals surface area contributed by atoms with Gasteiger partial charge in [-0.25, -0.2) is 16.8 Å². The number of sulfonamides is 2. The lowest BCUT2D eigenvalue weighted by Gasteiger charge is -2.37. The van der Waals surface area contributed by atoms with Gasteiger partial charge in [-0.2, -0.15) is 4.31 Å². The SMILES string of the molecule is Cc1ccc(S(=O)(=O)N2CCN(C(=O)C(C)N(c3ccc(C)c(C)c3)S(C)(=O)=O)CC2)cc1. The number of hydrogen-bond donors (Lipinski definition) is 0. The molecule has 1 aliphatic rings. The Hall–Kier alpha value is -2.43. The van der Waals surface area contributed by atoms with Crippen LogP contribution in [-0.4, -0.2) is 70.4 Å². The predicted octanol–water partition coefficient (Wildman–Crippen LogP) is 2.30. The summed E-state index contributed by atoms with van der Waals surface area (Å²) in [5.41, 5.74) is 3.35. The van der Waals surface area contributed by atoms with Crippen molar-refractivity contribution in [2.24, 2.45) is 0 Å². The van der Waals surface area contributed by atoms with Crippen molar-refractivity contribution >= 4 is 31.6 Å². The number of rotatable bonds is 6. The van der Waals surface area contributed by atoms with Gasteiger partial charge < -0.3 is 4.90 Å². The highest BCUT2D eigenvalue weighted by Gasteiger charge is 2.35. The summed E-state index contributed by atoms with van der Waals surface area (Å²) < 4.78 is 53.5. The first-order valence-corrected chi connectivity index (χ1v) is 14.0. The van der Waals surface area contributed by atoms with Crippen molar-refractivity contribution in [2.75, 3.05) is 36.7 Å². The second-order valence-corrected chi connectivity index (χ2v) is 12.3. The molecule has 1 atom stereocenters. The van der Waals surface area contributed by atoms with Crippen LogP contribution in [0.4, 0.5) is 5.69 Å². The van der Waals surface area contributed by atoms with Crippen LogP contribution < -0.4 is 4.31 Å². The molecule has 0 saturated carbocycles. The molecule has 0 bridgehead atoms. The predicted molar refractivity (Wildman–Crippen MR) is 129 cm³/mol. The molecular weight excluding hydrogens is 462 g/mol. The highest BCUT2D eigenvalue weighted by molar-refractivity contribution is 7.92. The summed E-state index contributed by atoms with van der Waals surface area (Å²) in [5, 5.41) is 0. The van der Waals surface area contributed by atoms with E-state index >= 15 is 0 Å². The second-order valence-electron chi connectivity index (χ2n) is 8.55. The Morgan fingerprint density at radius 2 is 1.45 bits per heavy atom. The molecule has 1 amide bonds. The number of amides is 1. The highest BCUT2D eigenvalue weighted by atomic mass is 32.2. The van der Waals surface area contributed by atoms with E-state index in [-0.39, 0.29) is 37.0 Å². The van der Waals surface area contributed by atoms with Crippen molar-refractivity contribution < 1.29 is 21.6 Å². The Bertz CT molecular complexity index is 1230. The number of piperazine rings is 1. The van der Waals surface area contributed by atoms with Gasteiger partial charge in [0.15, 0.2) is 0 Å². The smallest absolute Gasteiger partial charge is 0.246 e. The third kappa shape index (κ3) is 5.39. The molecule has 0 aliphatic carbocycles. The number of hydrogen-bond acceptors (Lipinski definition) is 5. The summed E-state index contributed by atoms with van der Waals surface area (Å²) >= 11 is 0. The van der Waals surface area contributed by atoms with Gasteiger partial charge in [0.1, 0.15) is 6.04 Å². The van der Waals surface area contributed by atoms with Crippen LogP contribution in [0.5, 0.6) is 0 Å². The Labute approximate surface area is 196 Å². The molecule has 1 fully saturated rings. The fourth-order valence-electron chi connectivity index (χ4n) is 3.94. The first-order chi connectivity index (χ1) is 15.3. The molecule has 1 heterocycles. The second kappa shape index (κ2) is 9.44. The minimum atomic E-state index is -3.72. The van der Waals surface area contributed by atoms with Gasteiger partial charge in [-0.15, -0.1) is 0 Å². The topological polar surface area (TPSA) is 95.1 Å². The van der Waals surface area contributed by atoms with E-state index in [2.05, 4.69) is 0 Å². The van der Waals surface area contributed by atoms with E-state index < -0.39 is 26.1 Å². The van der Waals surface area contributed by atoms with Crippen molar-refractivity contribution in [3.8, 4) is 0 Å². The molecule has 0 aromatic heterocycles. The van der Waals surface area contributed by atoms with E-state index in [0.717, 1.165) is 27.3 Å². The molecule has 1 saturated heterocycles. The largest absolute Gasteiger partial charge is 0.338 e. The van der Waals surface area contributed by atoms with Crippen molar-refractivity contribution in [1.29, 1.82) is 0 Å². The molecule has 2 aromatic carbocycles. The summed E-state index contributed by atoms with van der Waals surface area (Å²) in [4.78, 5) is 15.0. The van der Waals surface area contributed by atoms with E-state index in [9.17, 15) is 21.6 Å². The Morgan fingerprint density at radius 1 is 0.879 bits per heavy atom. The number of benzene rings is 2. The van der Waals surface area contributed by atoms with Crippen molar-refractivity contribution in [1.82, 2.24) is 9.21 Å².